The SMILES string of the molecule is NCCc1cn(CC(=O)Nc2c(Cl)cccc2Cl)nn1. The summed E-state index contributed by atoms with van der Waals surface area (Å²) in [6, 6.07) is 5.01. The molecular weight excluding hydrogens is 301 g/mol. The molecule has 106 valence electrons. The van der Waals surface area contributed by atoms with E-state index in [1.54, 1.807) is 24.4 Å². The fourth-order valence-electron chi connectivity index (χ4n) is 1.62. The Hall–Kier alpha value is -1.63. The Morgan fingerprint density at radius 3 is 2.70 bits per heavy atom. The molecule has 0 aliphatic carbocycles. The third kappa shape index (κ3) is 3.69. The molecule has 8 heteroatoms. The Bertz CT molecular complexity index is 593. The van der Waals surface area contributed by atoms with Gasteiger partial charge in [-0.3, -0.25) is 4.79 Å². The average Bonchev–Trinajstić information content (AvgIpc) is 2.82. The molecule has 0 atom stereocenters. The van der Waals surface area contributed by atoms with E-state index in [0.29, 0.717) is 28.7 Å². The number of rotatable bonds is 5. The van der Waals surface area contributed by atoms with E-state index in [-0.39, 0.29) is 12.5 Å². The highest BCUT2D eigenvalue weighted by Crippen LogP contribution is 2.29. The van der Waals surface area contributed by atoms with Gasteiger partial charge in [-0.05, 0) is 18.7 Å². The second kappa shape index (κ2) is 6.69. The standard InChI is InChI=1S/C12H13Cl2N5O/c13-9-2-1-3-10(14)12(9)16-11(20)7-19-6-8(4-5-15)17-18-19/h1-3,6H,4-5,7,15H2,(H,16,20). The first kappa shape index (κ1) is 14.8. The zero-order valence-electron chi connectivity index (χ0n) is 10.5. The number of carbonyl (C=O) groups excluding carboxylic acids is 1. The lowest BCUT2D eigenvalue weighted by molar-refractivity contribution is -0.116. The normalized spacial score (nSPS) is 10.6. The zero-order chi connectivity index (χ0) is 14.5. The summed E-state index contributed by atoms with van der Waals surface area (Å²) in [7, 11) is 0. The van der Waals surface area contributed by atoms with Crippen LogP contribution >= 0.6 is 23.2 Å². The molecule has 1 aromatic carbocycles. The molecule has 3 N–H and O–H groups in total. The topological polar surface area (TPSA) is 85.8 Å². The molecule has 0 saturated heterocycles. The van der Waals surface area contributed by atoms with Gasteiger partial charge in [-0.15, -0.1) is 5.10 Å². The summed E-state index contributed by atoms with van der Waals surface area (Å²) in [6.45, 7) is 0.513. The summed E-state index contributed by atoms with van der Waals surface area (Å²) in [5.74, 6) is -0.288. The van der Waals surface area contributed by atoms with Gasteiger partial charge in [0.05, 0.1) is 21.4 Å². The third-order valence-corrected chi connectivity index (χ3v) is 3.15. The van der Waals surface area contributed by atoms with Gasteiger partial charge in [0, 0.05) is 12.6 Å². The molecule has 6 nitrogen and oxygen atoms in total. The Morgan fingerprint density at radius 2 is 2.05 bits per heavy atom. The first-order valence-electron chi connectivity index (χ1n) is 5.93. The minimum Gasteiger partial charge on any atom is -0.330 e. The lowest BCUT2D eigenvalue weighted by atomic mass is 10.3. The number of halogens is 2. The fraction of sp³-hybridized carbons (Fsp3) is 0.250. The van der Waals surface area contributed by atoms with Gasteiger partial charge in [-0.25, -0.2) is 4.68 Å². The van der Waals surface area contributed by atoms with E-state index in [4.69, 9.17) is 28.9 Å². The van der Waals surface area contributed by atoms with Crippen LogP contribution in [0, 0.1) is 0 Å². The molecule has 0 saturated carbocycles. The van der Waals surface area contributed by atoms with Crippen molar-refractivity contribution >= 4 is 34.8 Å². The minimum atomic E-state index is -0.288. The molecular formula is C12H13Cl2N5O. The predicted octanol–water partition coefficient (Wildman–Crippen LogP) is 1.72. The number of benzene rings is 1. The number of nitrogens with two attached hydrogens (primary N) is 1. The van der Waals surface area contributed by atoms with Crippen molar-refractivity contribution in [2.24, 2.45) is 5.73 Å². The Morgan fingerprint density at radius 1 is 1.35 bits per heavy atom. The quantitative estimate of drug-likeness (QED) is 0.880. The number of hydrogen-bond donors (Lipinski definition) is 2. The largest absolute Gasteiger partial charge is 0.330 e. The predicted molar refractivity (Wildman–Crippen MR) is 77.9 cm³/mol. The van der Waals surface area contributed by atoms with E-state index in [0.717, 1.165) is 5.69 Å². The van der Waals surface area contributed by atoms with Crippen molar-refractivity contribution in [3.05, 3.63) is 40.1 Å². The number of hydrogen-bond acceptors (Lipinski definition) is 4. The molecule has 20 heavy (non-hydrogen) atoms. The third-order valence-electron chi connectivity index (χ3n) is 2.52. The molecule has 1 aromatic heterocycles. The van der Waals surface area contributed by atoms with Gasteiger partial charge in [-0.1, -0.05) is 34.5 Å². The average molecular weight is 314 g/mol. The smallest absolute Gasteiger partial charge is 0.246 e. The van der Waals surface area contributed by atoms with E-state index < -0.39 is 0 Å². The number of nitrogens with zero attached hydrogens (tertiary/aromatic N) is 3. The first-order chi connectivity index (χ1) is 9.60. The van der Waals surface area contributed by atoms with E-state index in [2.05, 4.69) is 15.6 Å². The van der Waals surface area contributed by atoms with Crippen LogP contribution in [0.2, 0.25) is 10.0 Å². The van der Waals surface area contributed by atoms with Crippen LogP contribution in [-0.2, 0) is 17.8 Å². The lowest BCUT2D eigenvalue weighted by Gasteiger charge is -2.08. The molecule has 0 aliphatic heterocycles. The van der Waals surface area contributed by atoms with Crippen molar-refractivity contribution in [1.82, 2.24) is 15.0 Å². The Labute approximate surface area is 125 Å². The van der Waals surface area contributed by atoms with Crippen LogP contribution in [0.1, 0.15) is 5.69 Å². The van der Waals surface area contributed by atoms with Crippen molar-refractivity contribution in [3.8, 4) is 0 Å². The van der Waals surface area contributed by atoms with E-state index in [1.807, 2.05) is 0 Å². The molecule has 0 fully saturated rings. The van der Waals surface area contributed by atoms with Gasteiger partial charge >= 0.3 is 0 Å². The molecule has 1 amide bonds. The van der Waals surface area contributed by atoms with Crippen LogP contribution in [0.25, 0.3) is 0 Å². The minimum absolute atomic E-state index is 0.0269. The summed E-state index contributed by atoms with van der Waals surface area (Å²) in [4.78, 5) is 11.9. The van der Waals surface area contributed by atoms with Crippen molar-refractivity contribution in [1.29, 1.82) is 0 Å². The lowest BCUT2D eigenvalue weighted by Crippen LogP contribution is -2.19. The van der Waals surface area contributed by atoms with E-state index in [1.165, 1.54) is 4.68 Å². The van der Waals surface area contributed by atoms with Gasteiger partial charge in [0.2, 0.25) is 5.91 Å². The number of anilines is 1. The maximum atomic E-state index is 11.9. The van der Waals surface area contributed by atoms with Crippen molar-refractivity contribution in [3.63, 3.8) is 0 Å². The zero-order valence-corrected chi connectivity index (χ0v) is 12.0. The summed E-state index contributed by atoms with van der Waals surface area (Å²) < 4.78 is 1.44. The second-order valence-corrected chi connectivity index (χ2v) is 4.91. The highest BCUT2D eigenvalue weighted by atomic mass is 35.5. The van der Waals surface area contributed by atoms with Crippen LogP contribution in [-0.4, -0.2) is 27.4 Å². The van der Waals surface area contributed by atoms with Gasteiger partial charge < -0.3 is 11.1 Å². The van der Waals surface area contributed by atoms with Crippen LogP contribution < -0.4 is 11.1 Å². The highest BCUT2D eigenvalue weighted by Gasteiger charge is 2.11. The van der Waals surface area contributed by atoms with Crippen molar-refractivity contribution in [2.75, 3.05) is 11.9 Å². The maximum Gasteiger partial charge on any atom is 0.246 e. The van der Waals surface area contributed by atoms with E-state index >= 15 is 0 Å². The molecule has 0 bridgehead atoms. The number of amides is 1. The van der Waals surface area contributed by atoms with Crippen LogP contribution in [0.15, 0.2) is 24.4 Å². The molecule has 0 radical (unpaired) electrons. The molecule has 0 spiro atoms. The summed E-state index contributed by atoms with van der Waals surface area (Å²) in [5.41, 5.74) is 6.56. The number of carbonyl (C=O) groups is 1. The maximum absolute atomic E-state index is 11.9. The molecule has 2 rings (SSSR count). The van der Waals surface area contributed by atoms with Gasteiger partial charge in [0.1, 0.15) is 6.54 Å². The second-order valence-electron chi connectivity index (χ2n) is 4.09. The first-order valence-corrected chi connectivity index (χ1v) is 6.68. The van der Waals surface area contributed by atoms with Crippen LogP contribution in [0.3, 0.4) is 0 Å². The van der Waals surface area contributed by atoms with Crippen LogP contribution in [0.5, 0.6) is 0 Å². The number of para-hydroxylation sites is 1. The molecule has 2 aromatic rings. The van der Waals surface area contributed by atoms with Gasteiger partial charge in [-0.2, -0.15) is 0 Å². The van der Waals surface area contributed by atoms with Crippen LogP contribution in [0.4, 0.5) is 5.69 Å². The van der Waals surface area contributed by atoms with Crippen molar-refractivity contribution < 1.29 is 4.79 Å². The number of aromatic nitrogens is 3. The highest BCUT2D eigenvalue weighted by molar-refractivity contribution is 6.39. The Balaban J connectivity index is 2.01. The summed E-state index contributed by atoms with van der Waals surface area (Å²) in [6.07, 6.45) is 2.30. The van der Waals surface area contributed by atoms with Gasteiger partial charge in [0.15, 0.2) is 0 Å². The Kier molecular flexibility index (Phi) is 4.94. The number of nitrogens with one attached hydrogen (secondary N) is 1. The summed E-state index contributed by atoms with van der Waals surface area (Å²) >= 11 is 11.9. The molecule has 1 heterocycles. The monoisotopic (exact) mass is 313 g/mol. The molecule has 0 aliphatic rings. The van der Waals surface area contributed by atoms with E-state index in [9.17, 15) is 4.79 Å². The fourth-order valence-corrected chi connectivity index (χ4v) is 2.11. The summed E-state index contributed by atoms with van der Waals surface area (Å²) in [5, 5.41) is 11.2. The molecule has 0 unspecified atom stereocenters. The van der Waals surface area contributed by atoms with Crippen molar-refractivity contribution in [2.45, 2.75) is 13.0 Å². The van der Waals surface area contributed by atoms with Gasteiger partial charge in [0.25, 0.3) is 0 Å².